The predicted molar refractivity (Wildman–Crippen MR) is 254 cm³/mol. The number of nitrogens with zero attached hydrogens (tertiary/aromatic N) is 3. The average Bonchev–Trinajstić information content (AvgIpc) is 3.98. The fourth-order valence-electron chi connectivity index (χ4n) is 10.9. The van der Waals surface area contributed by atoms with E-state index in [0.29, 0.717) is 11.8 Å². The molecule has 296 valence electrons. The number of furan rings is 1. The molecule has 12 rings (SSSR count). The molecular formula is C56H49N3OSi+2. The van der Waals surface area contributed by atoms with Gasteiger partial charge in [0, 0.05) is 33.0 Å². The number of aromatic nitrogens is 3. The fourth-order valence-corrected chi connectivity index (χ4v) is 12.7. The van der Waals surface area contributed by atoms with Crippen molar-refractivity contribution in [3.05, 3.63) is 180 Å². The quantitative estimate of drug-likeness (QED) is 0.126. The highest BCUT2D eigenvalue weighted by molar-refractivity contribution is 6.89. The number of fused-ring (bicyclic) bond motifs is 17. The summed E-state index contributed by atoms with van der Waals surface area (Å²) in [4.78, 5) is 0. The Kier molecular flexibility index (Phi) is 7.58. The van der Waals surface area contributed by atoms with E-state index < -0.39 is 13.7 Å². The monoisotopic (exact) mass is 807 g/mol. The summed E-state index contributed by atoms with van der Waals surface area (Å²) in [6.07, 6.45) is 2.58. The molecule has 0 aliphatic carbocycles. The Bertz CT molecular complexity index is 3470. The fraction of sp³-hybridized carbons (Fsp3) is 0.179. The van der Waals surface area contributed by atoms with Crippen molar-refractivity contribution in [1.29, 1.82) is 0 Å². The normalized spacial score (nSPS) is 15.5. The third kappa shape index (κ3) is 4.81. The summed E-state index contributed by atoms with van der Waals surface area (Å²) < 4.78 is 15.2. The van der Waals surface area contributed by atoms with E-state index in [2.05, 4.69) is 219 Å². The number of hydrogen-bond acceptors (Lipinski definition) is 1. The molecule has 2 aliphatic rings. The second kappa shape index (κ2) is 12.7. The lowest BCUT2D eigenvalue weighted by Crippen LogP contribution is -2.72. The van der Waals surface area contributed by atoms with Crippen LogP contribution in [-0.4, -0.2) is 12.6 Å². The Hall–Kier alpha value is -6.56. The molecule has 0 N–H and O–H groups in total. The molecule has 0 saturated carbocycles. The van der Waals surface area contributed by atoms with Gasteiger partial charge >= 0.3 is 11.5 Å². The molecule has 3 aromatic heterocycles. The molecular weight excluding hydrogens is 759 g/mol. The van der Waals surface area contributed by atoms with E-state index in [9.17, 15) is 0 Å². The highest BCUT2D eigenvalue weighted by Gasteiger charge is 2.67. The van der Waals surface area contributed by atoms with Crippen molar-refractivity contribution >= 4 is 57.0 Å². The lowest BCUT2D eigenvalue weighted by atomic mass is 9.86. The summed E-state index contributed by atoms with van der Waals surface area (Å²) >= 11 is 0. The van der Waals surface area contributed by atoms with Gasteiger partial charge < -0.3 is 4.42 Å². The SMILES string of the molecule is CC(C)c1ccc2c(c1)C1(c3ccc4c(oc5ccccc54)c3-c3n(-c4c(-c5ccccc5)ccc5ccccc45)c4ccccc4[n+]31)[n+]1cc([Si](C)(C)C)c(C(C)C)cc1-2. The van der Waals surface area contributed by atoms with Crippen molar-refractivity contribution < 1.29 is 13.6 Å². The molecule has 61 heavy (non-hydrogen) atoms. The first-order valence-electron chi connectivity index (χ1n) is 21.9. The van der Waals surface area contributed by atoms with E-state index in [1.165, 1.54) is 71.8 Å². The summed E-state index contributed by atoms with van der Waals surface area (Å²) in [6, 6.07) is 56.7. The van der Waals surface area contributed by atoms with Crippen LogP contribution in [0.25, 0.3) is 83.2 Å². The van der Waals surface area contributed by atoms with Crippen molar-refractivity contribution in [2.24, 2.45) is 0 Å². The molecule has 1 unspecified atom stereocenters. The van der Waals surface area contributed by atoms with Crippen molar-refractivity contribution in [3.63, 3.8) is 0 Å². The van der Waals surface area contributed by atoms with Crippen molar-refractivity contribution in [1.82, 2.24) is 4.57 Å². The first kappa shape index (κ1) is 36.3. The van der Waals surface area contributed by atoms with E-state index in [0.717, 1.165) is 38.8 Å². The Morgan fingerprint density at radius 2 is 1.34 bits per heavy atom. The van der Waals surface area contributed by atoms with Gasteiger partial charge in [-0.3, -0.25) is 0 Å². The molecule has 0 radical (unpaired) electrons. The zero-order valence-electron chi connectivity index (χ0n) is 35.9. The molecule has 10 aromatic rings. The first-order valence-corrected chi connectivity index (χ1v) is 25.4. The minimum atomic E-state index is -1.86. The van der Waals surface area contributed by atoms with Crippen LogP contribution < -0.4 is 14.3 Å². The van der Waals surface area contributed by atoms with Crippen LogP contribution in [0.5, 0.6) is 0 Å². The van der Waals surface area contributed by atoms with Gasteiger partial charge in [0.25, 0.3) is 0 Å². The van der Waals surface area contributed by atoms with Crippen LogP contribution in [0.3, 0.4) is 0 Å². The first-order chi connectivity index (χ1) is 29.6. The van der Waals surface area contributed by atoms with Gasteiger partial charge in [0.2, 0.25) is 5.69 Å². The largest absolute Gasteiger partial charge is 0.455 e. The maximum absolute atomic E-state index is 7.18. The molecule has 4 nitrogen and oxygen atoms in total. The van der Waals surface area contributed by atoms with E-state index >= 15 is 0 Å². The predicted octanol–water partition coefficient (Wildman–Crippen LogP) is 13.0. The standard InChI is InChI=1S/C56H49N3OSi/c1-34(2)38-26-28-43-46(31-38)56(57-33-51(61(5,6)7)44(35(3)4)32-49(43)57)45-30-29-42-41-21-13-16-24-50(41)60-54(42)52(45)55-58(47-22-14-15-23-48(47)59(55)56)53-39-20-12-11-19-37(39)25-27-40(53)36-17-9-8-10-18-36/h8-35H,1-7H3/q+2. The lowest BCUT2D eigenvalue weighted by molar-refractivity contribution is -0.944. The minimum absolute atomic E-state index is 0.355. The van der Waals surface area contributed by atoms with Crippen molar-refractivity contribution in [3.8, 4) is 39.5 Å². The Morgan fingerprint density at radius 3 is 2.13 bits per heavy atom. The van der Waals surface area contributed by atoms with E-state index in [-0.39, 0.29) is 0 Å². The average molecular weight is 808 g/mol. The van der Waals surface area contributed by atoms with Crippen molar-refractivity contribution in [2.75, 3.05) is 0 Å². The molecule has 1 spiro atoms. The van der Waals surface area contributed by atoms with E-state index in [1.54, 1.807) is 0 Å². The maximum atomic E-state index is 7.18. The number of rotatable bonds is 5. The highest BCUT2D eigenvalue weighted by Crippen LogP contribution is 2.53. The summed E-state index contributed by atoms with van der Waals surface area (Å²) in [5.41, 5.74) is 16.0. The molecule has 0 bridgehead atoms. The second-order valence-corrected chi connectivity index (χ2v) is 24.0. The summed E-state index contributed by atoms with van der Waals surface area (Å²) in [5, 5.41) is 6.18. The van der Waals surface area contributed by atoms with Gasteiger partial charge in [-0.2, -0.15) is 4.57 Å². The summed E-state index contributed by atoms with van der Waals surface area (Å²) in [7, 11) is -1.86. The van der Waals surface area contributed by atoms with Gasteiger partial charge in [-0.25, -0.2) is 0 Å². The zero-order chi connectivity index (χ0) is 41.5. The molecule has 5 heterocycles. The number of benzene rings is 7. The lowest BCUT2D eigenvalue weighted by Gasteiger charge is -2.25. The summed E-state index contributed by atoms with van der Waals surface area (Å²) in [6.45, 7) is 16.9. The van der Waals surface area contributed by atoms with Crippen LogP contribution >= 0.6 is 0 Å². The zero-order valence-corrected chi connectivity index (χ0v) is 36.9. The molecule has 1 atom stereocenters. The molecule has 0 saturated heterocycles. The number of pyridine rings is 1. The highest BCUT2D eigenvalue weighted by atomic mass is 28.3. The third-order valence-corrected chi connectivity index (χ3v) is 15.8. The molecule has 5 heteroatoms. The number of imidazole rings is 1. The minimum Gasteiger partial charge on any atom is -0.455 e. The molecule has 7 aromatic carbocycles. The van der Waals surface area contributed by atoms with Crippen LogP contribution in [0.2, 0.25) is 19.6 Å². The van der Waals surface area contributed by atoms with Crippen LogP contribution in [0.1, 0.15) is 61.8 Å². The van der Waals surface area contributed by atoms with Gasteiger partial charge in [0.15, 0.2) is 22.8 Å². The number of hydrogen-bond donors (Lipinski definition) is 0. The summed E-state index contributed by atoms with van der Waals surface area (Å²) in [5.74, 6) is 1.87. The third-order valence-electron chi connectivity index (χ3n) is 13.7. The van der Waals surface area contributed by atoms with Crippen molar-refractivity contribution in [2.45, 2.75) is 64.8 Å². The molecule has 0 amide bonds. The van der Waals surface area contributed by atoms with Crippen LogP contribution in [0.4, 0.5) is 0 Å². The Morgan fingerprint density at radius 1 is 0.623 bits per heavy atom. The van der Waals surface area contributed by atoms with Crippen LogP contribution in [0, 0.1) is 0 Å². The Balaban J connectivity index is 1.36. The van der Waals surface area contributed by atoms with Gasteiger partial charge in [-0.15, -0.1) is 9.13 Å². The second-order valence-electron chi connectivity index (χ2n) is 18.9. The van der Waals surface area contributed by atoms with Crippen LogP contribution in [-0.2, 0) is 5.66 Å². The van der Waals surface area contributed by atoms with Gasteiger partial charge in [0.05, 0.1) is 24.8 Å². The van der Waals surface area contributed by atoms with Gasteiger partial charge in [-0.05, 0) is 82.4 Å². The molecule has 0 fully saturated rings. The maximum Gasteiger partial charge on any atom is 0.364 e. The number of para-hydroxylation sites is 3. The van der Waals surface area contributed by atoms with E-state index in [4.69, 9.17) is 4.42 Å². The Labute approximate surface area is 358 Å². The smallest absolute Gasteiger partial charge is 0.364 e. The van der Waals surface area contributed by atoms with E-state index in [1.807, 2.05) is 0 Å². The van der Waals surface area contributed by atoms with Gasteiger partial charge in [0.1, 0.15) is 16.8 Å². The topological polar surface area (TPSA) is 25.8 Å². The van der Waals surface area contributed by atoms with Crippen LogP contribution in [0.15, 0.2) is 162 Å². The van der Waals surface area contributed by atoms with Gasteiger partial charge in [-0.1, -0.05) is 144 Å². The molecule has 2 aliphatic heterocycles.